The fourth-order valence-electron chi connectivity index (χ4n) is 3.91. The van der Waals surface area contributed by atoms with Gasteiger partial charge < -0.3 is 25.2 Å². The molecular formula is C23H30N4O2. The van der Waals surface area contributed by atoms with Crippen LogP contribution in [0, 0.1) is 0 Å². The molecule has 6 nitrogen and oxygen atoms in total. The first-order chi connectivity index (χ1) is 14.1. The number of nitrogens with zero attached hydrogens (tertiary/aromatic N) is 2. The summed E-state index contributed by atoms with van der Waals surface area (Å²) in [4.78, 5) is 17.1. The van der Waals surface area contributed by atoms with Gasteiger partial charge in [0, 0.05) is 49.5 Å². The van der Waals surface area contributed by atoms with Crippen molar-refractivity contribution in [2.45, 2.75) is 18.3 Å². The molecule has 0 atom stereocenters. The quantitative estimate of drug-likeness (QED) is 0.789. The lowest BCUT2D eigenvalue weighted by Gasteiger charge is -2.34. The molecule has 2 aromatic rings. The Balaban J connectivity index is 1.28. The zero-order valence-electron chi connectivity index (χ0n) is 17.3. The fourth-order valence-corrected chi connectivity index (χ4v) is 3.91. The molecular weight excluding hydrogens is 364 g/mol. The number of methoxy groups -OCH3 is 1. The summed E-state index contributed by atoms with van der Waals surface area (Å²) in [5.41, 5.74) is 3.35. The van der Waals surface area contributed by atoms with Crippen LogP contribution in [0.5, 0.6) is 5.75 Å². The number of hydrogen-bond donors (Lipinski definition) is 2. The van der Waals surface area contributed by atoms with E-state index in [0.717, 1.165) is 50.5 Å². The third-order valence-electron chi connectivity index (χ3n) is 6.14. The van der Waals surface area contributed by atoms with Gasteiger partial charge in [0.05, 0.1) is 7.11 Å². The van der Waals surface area contributed by atoms with Crippen LogP contribution in [0.4, 0.5) is 16.2 Å². The van der Waals surface area contributed by atoms with Crippen molar-refractivity contribution in [3.8, 4) is 5.75 Å². The minimum absolute atomic E-state index is 0.0644. The first-order valence-corrected chi connectivity index (χ1v) is 10.3. The van der Waals surface area contributed by atoms with Gasteiger partial charge in [0.2, 0.25) is 0 Å². The van der Waals surface area contributed by atoms with Gasteiger partial charge in [-0.25, -0.2) is 4.79 Å². The summed E-state index contributed by atoms with van der Waals surface area (Å²) >= 11 is 0. The molecule has 2 aliphatic rings. The van der Waals surface area contributed by atoms with Crippen LogP contribution in [0.3, 0.4) is 0 Å². The molecule has 2 aromatic carbocycles. The van der Waals surface area contributed by atoms with Crippen molar-refractivity contribution in [1.29, 1.82) is 0 Å². The third-order valence-corrected chi connectivity index (χ3v) is 6.14. The zero-order chi connectivity index (χ0) is 20.3. The predicted octanol–water partition coefficient (Wildman–Crippen LogP) is 3.30. The number of nitrogens with one attached hydrogen (secondary N) is 2. The number of rotatable bonds is 6. The number of amides is 2. The summed E-state index contributed by atoms with van der Waals surface area (Å²) < 4.78 is 5.23. The molecule has 154 valence electrons. The number of hydrogen-bond acceptors (Lipinski definition) is 4. The van der Waals surface area contributed by atoms with Gasteiger partial charge in [-0.15, -0.1) is 0 Å². The van der Waals surface area contributed by atoms with Gasteiger partial charge in [0.1, 0.15) is 5.75 Å². The molecule has 2 amide bonds. The largest absolute Gasteiger partial charge is 0.497 e. The maximum atomic E-state index is 12.4. The van der Waals surface area contributed by atoms with Gasteiger partial charge >= 0.3 is 6.03 Å². The lowest BCUT2D eigenvalue weighted by Crippen LogP contribution is -2.44. The molecule has 6 heteroatoms. The topological polar surface area (TPSA) is 56.8 Å². The van der Waals surface area contributed by atoms with Crippen LogP contribution >= 0.6 is 0 Å². The Kier molecular flexibility index (Phi) is 5.62. The lowest BCUT2D eigenvalue weighted by molar-refractivity contribution is 0.251. The zero-order valence-corrected chi connectivity index (χ0v) is 17.3. The first kappa shape index (κ1) is 19.6. The Morgan fingerprint density at radius 1 is 1.00 bits per heavy atom. The van der Waals surface area contributed by atoms with Crippen molar-refractivity contribution in [3.05, 3.63) is 54.1 Å². The molecule has 0 radical (unpaired) electrons. The normalized spacial score (nSPS) is 18.2. The van der Waals surface area contributed by atoms with E-state index in [2.05, 4.69) is 51.7 Å². The molecule has 2 N–H and O–H groups in total. The van der Waals surface area contributed by atoms with E-state index in [-0.39, 0.29) is 11.4 Å². The Hall–Kier alpha value is -2.73. The molecule has 1 saturated carbocycles. The van der Waals surface area contributed by atoms with Crippen molar-refractivity contribution < 1.29 is 9.53 Å². The predicted molar refractivity (Wildman–Crippen MR) is 117 cm³/mol. The van der Waals surface area contributed by atoms with E-state index in [1.165, 1.54) is 11.3 Å². The average molecular weight is 395 g/mol. The lowest BCUT2D eigenvalue weighted by atomic mass is 9.96. The summed E-state index contributed by atoms with van der Waals surface area (Å²) in [7, 11) is 3.83. The van der Waals surface area contributed by atoms with Crippen molar-refractivity contribution in [1.82, 2.24) is 10.2 Å². The van der Waals surface area contributed by atoms with Gasteiger partial charge in [-0.2, -0.15) is 0 Å². The number of carbonyl (C=O) groups excluding carboxylic acids is 1. The summed E-state index contributed by atoms with van der Waals surface area (Å²) in [6, 6.07) is 16.1. The highest BCUT2D eigenvalue weighted by molar-refractivity contribution is 5.89. The highest BCUT2D eigenvalue weighted by Gasteiger charge is 2.44. The van der Waals surface area contributed by atoms with Crippen molar-refractivity contribution in [3.63, 3.8) is 0 Å². The number of piperazine rings is 1. The minimum atomic E-state index is -0.155. The second-order valence-electron chi connectivity index (χ2n) is 8.15. The van der Waals surface area contributed by atoms with E-state index in [4.69, 9.17) is 4.74 Å². The molecule has 0 spiro atoms. The van der Waals surface area contributed by atoms with Crippen LogP contribution in [0.2, 0.25) is 0 Å². The van der Waals surface area contributed by atoms with Crippen LogP contribution in [-0.2, 0) is 5.41 Å². The van der Waals surface area contributed by atoms with Gasteiger partial charge in [-0.05, 0) is 61.9 Å². The Morgan fingerprint density at radius 3 is 2.24 bits per heavy atom. The number of likely N-dealkylation sites (N-methyl/N-ethyl adjacent to an activating group) is 1. The van der Waals surface area contributed by atoms with Crippen molar-refractivity contribution in [2.75, 3.05) is 57.1 Å². The highest BCUT2D eigenvalue weighted by atomic mass is 16.5. The number of ether oxygens (including phenoxy) is 1. The third kappa shape index (κ3) is 4.65. The second-order valence-corrected chi connectivity index (χ2v) is 8.15. The van der Waals surface area contributed by atoms with Crippen molar-refractivity contribution in [2.24, 2.45) is 0 Å². The molecule has 0 aromatic heterocycles. The average Bonchev–Trinajstić information content (AvgIpc) is 3.55. The van der Waals surface area contributed by atoms with E-state index in [1.807, 2.05) is 24.3 Å². The second kappa shape index (κ2) is 8.33. The monoisotopic (exact) mass is 394 g/mol. The van der Waals surface area contributed by atoms with E-state index in [0.29, 0.717) is 6.54 Å². The maximum Gasteiger partial charge on any atom is 0.319 e. The van der Waals surface area contributed by atoms with Gasteiger partial charge in [-0.3, -0.25) is 0 Å². The maximum absolute atomic E-state index is 12.4. The number of urea groups is 1. The molecule has 29 heavy (non-hydrogen) atoms. The van der Waals surface area contributed by atoms with Gasteiger partial charge in [0.25, 0.3) is 0 Å². The van der Waals surface area contributed by atoms with Crippen molar-refractivity contribution >= 4 is 17.4 Å². The molecule has 2 fully saturated rings. The standard InChI is InChI=1S/C23H30N4O2/c1-26-13-15-27(16-14-26)20-7-5-19(6-8-20)25-22(28)24-17-23(11-12-23)18-3-9-21(29-2)10-4-18/h3-10H,11-17H2,1-2H3,(H2,24,25,28). The number of carbonyl (C=O) groups is 1. The van der Waals surface area contributed by atoms with Gasteiger partial charge in [-0.1, -0.05) is 12.1 Å². The highest BCUT2D eigenvalue weighted by Crippen LogP contribution is 2.47. The summed E-state index contributed by atoms with van der Waals surface area (Å²) in [6.07, 6.45) is 2.19. The summed E-state index contributed by atoms with van der Waals surface area (Å²) in [6.45, 7) is 4.88. The van der Waals surface area contributed by atoms with E-state index >= 15 is 0 Å². The van der Waals surface area contributed by atoms with E-state index < -0.39 is 0 Å². The van der Waals surface area contributed by atoms with Crippen LogP contribution < -0.4 is 20.3 Å². The SMILES string of the molecule is COc1ccc(C2(CNC(=O)Nc3ccc(N4CCN(C)CC4)cc3)CC2)cc1. The molecule has 0 unspecified atom stereocenters. The molecule has 0 bridgehead atoms. The molecule has 1 aliphatic carbocycles. The smallest absolute Gasteiger partial charge is 0.319 e. The fraction of sp³-hybridized carbons (Fsp3) is 0.435. The van der Waals surface area contributed by atoms with E-state index in [9.17, 15) is 4.79 Å². The number of benzene rings is 2. The first-order valence-electron chi connectivity index (χ1n) is 10.3. The molecule has 1 saturated heterocycles. The van der Waals surface area contributed by atoms with Crippen LogP contribution in [0.25, 0.3) is 0 Å². The Morgan fingerprint density at radius 2 is 1.66 bits per heavy atom. The molecule has 1 heterocycles. The Labute approximate surface area is 172 Å². The van der Waals surface area contributed by atoms with Gasteiger partial charge in [0.15, 0.2) is 0 Å². The van der Waals surface area contributed by atoms with Crippen LogP contribution in [0.1, 0.15) is 18.4 Å². The number of anilines is 2. The molecule has 4 rings (SSSR count). The Bertz CT molecular complexity index is 823. The summed E-state index contributed by atoms with van der Waals surface area (Å²) in [5.74, 6) is 0.857. The molecule has 1 aliphatic heterocycles. The minimum Gasteiger partial charge on any atom is -0.497 e. The van der Waals surface area contributed by atoms with Crippen LogP contribution in [-0.4, -0.2) is 57.8 Å². The summed E-state index contributed by atoms with van der Waals surface area (Å²) in [5, 5.41) is 6.00. The van der Waals surface area contributed by atoms with Crippen LogP contribution in [0.15, 0.2) is 48.5 Å². The van der Waals surface area contributed by atoms with E-state index in [1.54, 1.807) is 7.11 Å².